The van der Waals surface area contributed by atoms with Gasteiger partial charge in [0.25, 0.3) is 10.0 Å². The normalized spacial score (nSPS) is 27.2. The molecule has 1 saturated heterocycles. The van der Waals surface area contributed by atoms with Gasteiger partial charge in [0.2, 0.25) is 0 Å². The minimum absolute atomic E-state index is 0.00870. The van der Waals surface area contributed by atoms with Crippen molar-refractivity contribution in [3.63, 3.8) is 0 Å². The molecule has 2 unspecified atom stereocenters. The fraction of sp³-hybridized carbons (Fsp3) is 0.700. The average Bonchev–Trinajstić information content (AvgIpc) is 2.82. The van der Waals surface area contributed by atoms with Crippen LogP contribution in [0.25, 0.3) is 0 Å². The van der Waals surface area contributed by atoms with E-state index in [4.69, 9.17) is 5.73 Å². The predicted molar refractivity (Wildman–Crippen MR) is 63.8 cm³/mol. The third-order valence-corrected chi connectivity index (χ3v) is 5.25. The third kappa shape index (κ3) is 2.22. The fourth-order valence-corrected chi connectivity index (χ4v) is 4.20. The van der Waals surface area contributed by atoms with Gasteiger partial charge in [-0.1, -0.05) is 6.42 Å². The van der Waals surface area contributed by atoms with E-state index in [1.165, 1.54) is 16.8 Å². The Morgan fingerprint density at radius 1 is 1.59 bits per heavy atom. The van der Waals surface area contributed by atoms with Gasteiger partial charge in [-0.15, -0.1) is 0 Å². The number of H-pyrrole nitrogens is 1. The maximum absolute atomic E-state index is 12.4. The number of sulfonamides is 1. The number of aromatic nitrogens is 2. The molecule has 0 amide bonds. The molecule has 96 valence electrons. The van der Waals surface area contributed by atoms with Crippen LogP contribution in [0.1, 0.15) is 26.2 Å². The van der Waals surface area contributed by atoms with Crippen molar-refractivity contribution < 1.29 is 8.42 Å². The van der Waals surface area contributed by atoms with E-state index in [0.29, 0.717) is 6.54 Å². The van der Waals surface area contributed by atoms with Crippen LogP contribution >= 0.6 is 0 Å². The molecule has 0 aromatic carbocycles. The molecular weight excluding hydrogens is 240 g/mol. The van der Waals surface area contributed by atoms with E-state index in [0.717, 1.165) is 19.3 Å². The predicted octanol–water partition coefficient (Wildman–Crippen LogP) is 0.300. The second kappa shape index (κ2) is 4.75. The summed E-state index contributed by atoms with van der Waals surface area (Å²) in [4.78, 5) is 6.42. The van der Waals surface area contributed by atoms with Crippen molar-refractivity contribution in [2.45, 2.75) is 43.3 Å². The van der Waals surface area contributed by atoms with Crippen LogP contribution in [0.15, 0.2) is 17.6 Å². The Kier molecular flexibility index (Phi) is 3.50. The summed E-state index contributed by atoms with van der Waals surface area (Å²) in [5.41, 5.74) is 5.67. The van der Waals surface area contributed by atoms with E-state index in [-0.39, 0.29) is 17.1 Å². The second-order valence-corrected chi connectivity index (χ2v) is 6.23. The van der Waals surface area contributed by atoms with Crippen LogP contribution in [-0.4, -0.2) is 41.3 Å². The zero-order chi connectivity index (χ0) is 12.5. The van der Waals surface area contributed by atoms with Gasteiger partial charge in [-0.3, -0.25) is 0 Å². The van der Waals surface area contributed by atoms with E-state index in [1.807, 2.05) is 6.92 Å². The summed E-state index contributed by atoms with van der Waals surface area (Å²) in [6.45, 7) is 2.29. The minimum atomic E-state index is -3.49. The second-order valence-electron chi connectivity index (χ2n) is 4.42. The number of nitrogens with zero attached hydrogens (tertiary/aromatic N) is 2. The monoisotopic (exact) mass is 258 g/mol. The van der Waals surface area contributed by atoms with Gasteiger partial charge < -0.3 is 10.7 Å². The van der Waals surface area contributed by atoms with Crippen molar-refractivity contribution in [3.8, 4) is 0 Å². The lowest BCUT2D eigenvalue weighted by molar-refractivity contribution is 0.195. The molecule has 6 nitrogen and oxygen atoms in total. The number of rotatable bonds is 3. The molecule has 1 aliphatic heterocycles. The molecule has 1 aromatic heterocycles. The van der Waals surface area contributed by atoms with Crippen LogP contribution in [0.5, 0.6) is 0 Å². The van der Waals surface area contributed by atoms with Gasteiger partial charge in [-0.2, -0.15) is 4.31 Å². The number of aromatic amines is 1. The number of imidazole rings is 1. The molecule has 17 heavy (non-hydrogen) atoms. The van der Waals surface area contributed by atoms with E-state index in [2.05, 4.69) is 9.97 Å². The molecule has 2 rings (SSSR count). The summed E-state index contributed by atoms with van der Waals surface area (Å²) in [5.74, 6) is 0. The topological polar surface area (TPSA) is 92.1 Å². The van der Waals surface area contributed by atoms with Crippen molar-refractivity contribution >= 4 is 10.0 Å². The Morgan fingerprint density at radius 2 is 2.35 bits per heavy atom. The Hall–Kier alpha value is -0.920. The van der Waals surface area contributed by atoms with Crippen molar-refractivity contribution in [2.24, 2.45) is 5.73 Å². The third-order valence-electron chi connectivity index (χ3n) is 3.25. The van der Waals surface area contributed by atoms with Crippen molar-refractivity contribution in [1.82, 2.24) is 14.3 Å². The van der Waals surface area contributed by atoms with Crippen molar-refractivity contribution in [2.75, 3.05) is 6.54 Å². The molecule has 0 aliphatic carbocycles. The summed E-state index contributed by atoms with van der Waals surface area (Å²) in [5, 5.41) is 0.143. The van der Waals surface area contributed by atoms with E-state index in [1.54, 1.807) is 0 Å². The largest absolute Gasteiger partial charge is 0.335 e. The maximum Gasteiger partial charge on any atom is 0.260 e. The molecule has 1 fully saturated rings. The summed E-state index contributed by atoms with van der Waals surface area (Å²) in [6.07, 6.45) is 5.44. The standard InChI is InChI=1S/C10H18N4O2S/c1-8-3-2-4-9(5-11)14(8)17(15,16)10-6-12-7-13-10/h6-9H,2-5,11H2,1H3,(H,12,13). The molecule has 1 aliphatic rings. The number of hydrogen-bond acceptors (Lipinski definition) is 4. The smallest absolute Gasteiger partial charge is 0.260 e. The molecule has 3 N–H and O–H groups in total. The number of nitrogens with two attached hydrogens (primary N) is 1. The van der Waals surface area contributed by atoms with Crippen LogP contribution < -0.4 is 5.73 Å². The van der Waals surface area contributed by atoms with E-state index < -0.39 is 10.0 Å². The molecule has 0 saturated carbocycles. The first kappa shape index (κ1) is 12.5. The van der Waals surface area contributed by atoms with Crippen LogP contribution in [0.4, 0.5) is 0 Å². The number of hydrogen-bond donors (Lipinski definition) is 2. The fourth-order valence-electron chi connectivity index (χ4n) is 2.42. The SMILES string of the molecule is CC1CCCC(CN)N1S(=O)(=O)c1cnc[nH]1. The lowest BCUT2D eigenvalue weighted by Gasteiger charge is -2.38. The van der Waals surface area contributed by atoms with Crippen LogP contribution in [0.3, 0.4) is 0 Å². The minimum Gasteiger partial charge on any atom is -0.335 e. The molecule has 0 spiro atoms. The highest BCUT2D eigenvalue weighted by Crippen LogP contribution is 2.28. The summed E-state index contributed by atoms with van der Waals surface area (Å²) in [6, 6.07) is -0.113. The number of nitrogens with one attached hydrogen (secondary N) is 1. The molecule has 1 aromatic rings. The highest BCUT2D eigenvalue weighted by molar-refractivity contribution is 7.89. The maximum atomic E-state index is 12.4. The molecule has 2 heterocycles. The highest BCUT2D eigenvalue weighted by atomic mass is 32.2. The zero-order valence-electron chi connectivity index (χ0n) is 9.83. The Balaban J connectivity index is 2.36. The molecule has 0 bridgehead atoms. The van der Waals surface area contributed by atoms with E-state index in [9.17, 15) is 8.42 Å². The lowest BCUT2D eigenvalue weighted by Crippen LogP contribution is -2.51. The lowest BCUT2D eigenvalue weighted by atomic mass is 10.00. The van der Waals surface area contributed by atoms with Gasteiger partial charge in [0.1, 0.15) is 0 Å². The summed E-state index contributed by atoms with van der Waals surface area (Å²) in [7, 11) is -3.49. The molecule has 7 heteroatoms. The Bertz CT molecular complexity index is 457. The first-order chi connectivity index (χ1) is 8.07. The molecule has 2 atom stereocenters. The van der Waals surface area contributed by atoms with Gasteiger partial charge in [-0.05, 0) is 19.8 Å². The van der Waals surface area contributed by atoms with Crippen molar-refractivity contribution in [3.05, 3.63) is 12.5 Å². The zero-order valence-corrected chi connectivity index (χ0v) is 10.7. The van der Waals surface area contributed by atoms with Gasteiger partial charge in [0.15, 0.2) is 5.03 Å². The highest BCUT2D eigenvalue weighted by Gasteiger charge is 2.37. The van der Waals surface area contributed by atoms with Crippen molar-refractivity contribution in [1.29, 1.82) is 0 Å². The quantitative estimate of drug-likeness (QED) is 0.815. The first-order valence-corrected chi connectivity index (χ1v) is 7.23. The molecule has 0 radical (unpaired) electrons. The molecular formula is C10H18N4O2S. The number of piperidine rings is 1. The van der Waals surface area contributed by atoms with Crippen LogP contribution in [-0.2, 0) is 10.0 Å². The van der Waals surface area contributed by atoms with Gasteiger partial charge in [0, 0.05) is 18.6 Å². The van der Waals surface area contributed by atoms with Crippen LogP contribution in [0.2, 0.25) is 0 Å². The Labute approximate surface area is 101 Å². The Morgan fingerprint density at radius 3 is 2.94 bits per heavy atom. The van der Waals surface area contributed by atoms with Gasteiger partial charge in [-0.25, -0.2) is 13.4 Å². The summed E-state index contributed by atoms with van der Waals surface area (Å²) >= 11 is 0. The van der Waals surface area contributed by atoms with E-state index >= 15 is 0 Å². The van der Waals surface area contributed by atoms with Gasteiger partial charge in [0.05, 0.1) is 12.5 Å². The first-order valence-electron chi connectivity index (χ1n) is 5.79. The summed E-state index contributed by atoms with van der Waals surface area (Å²) < 4.78 is 26.4. The average molecular weight is 258 g/mol. The van der Waals surface area contributed by atoms with Crippen LogP contribution in [0, 0.1) is 0 Å². The van der Waals surface area contributed by atoms with Gasteiger partial charge >= 0.3 is 0 Å².